The number of methoxy groups -OCH3 is 1. The summed E-state index contributed by atoms with van der Waals surface area (Å²) in [5.74, 6) is 6.16. The third kappa shape index (κ3) is 2.80. The van der Waals surface area contributed by atoms with E-state index in [1.807, 2.05) is 0 Å². The molecule has 2 aliphatic rings. The van der Waals surface area contributed by atoms with Crippen LogP contribution in [-0.2, 0) is 14.2 Å². The highest BCUT2D eigenvalue weighted by Crippen LogP contribution is 2.37. The van der Waals surface area contributed by atoms with Crippen LogP contribution < -0.4 is 11.3 Å². The van der Waals surface area contributed by atoms with Gasteiger partial charge < -0.3 is 14.2 Å². The van der Waals surface area contributed by atoms with E-state index < -0.39 is 0 Å². The third-order valence-corrected chi connectivity index (χ3v) is 4.18. The van der Waals surface area contributed by atoms with Gasteiger partial charge in [-0.15, -0.1) is 0 Å². The van der Waals surface area contributed by atoms with Crippen molar-refractivity contribution in [2.45, 2.75) is 43.9 Å². The Labute approximate surface area is 103 Å². The van der Waals surface area contributed by atoms with E-state index >= 15 is 0 Å². The maximum atomic E-state index is 5.93. The summed E-state index contributed by atoms with van der Waals surface area (Å²) in [6.07, 6.45) is 3.16. The predicted octanol–water partition coefficient (Wildman–Crippen LogP) is 0.439. The van der Waals surface area contributed by atoms with E-state index in [0.29, 0.717) is 5.92 Å². The molecule has 0 aromatic rings. The maximum Gasteiger partial charge on any atom is 0.0939 e. The summed E-state index contributed by atoms with van der Waals surface area (Å²) in [5.41, 5.74) is 2.84. The first-order chi connectivity index (χ1) is 8.21. The zero-order chi connectivity index (χ0) is 12.3. The number of nitrogens with one attached hydrogen (secondary N) is 1. The molecule has 0 bridgehead atoms. The molecule has 2 saturated heterocycles. The Hall–Kier alpha value is -0.200. The zero-order valence-corrected chi connectivity index (χ0v) is 10.8. The third-order valence-electron chi connectivity index (χ3n) is 4.18. The van der Waals surface area contributed by atoms with Gasteiger partial charge in [0.05, 0.1) is 18.3 Å². The van der Waals surface area contributed by atoms with Crippen molar-refractivity contribution in [1.29, 1.82) is 0 Å². The van der Waals surface area contributed by atoms with E-state index in [-0.39, 0.29) is 17.7 Å². The highest BCUT2D eigenvalue weighted by Gasteiger charge is 2.43. The number of hydrazine groups is 1. The van der Waals surface area contributed by atoms with Crippen molar-refractivity contribution in [3.63, 3.8) is 0 Å². The minimum atomic E-state index is -0.0640. The topological polar surface area (TPSA) is 65.7 Å². The van der Waals surface area contributed by atoms with Crippen LogP contribution in [0.3, 0.4) is 0 Å². The number of hydrogen-bond donors (Lipinski definition) is 2. The molecule has 2 heterocycles. The van der Waals surface area contributed by atoms with Crippen LogP contribution in [0.4, 0.5) is 0 Å². The van der Waals surface area contributed by atoms with Crippen molar-refractivity contribution in [3.05, 3.63) is 0 Å². The van der Waals surface area contributed by atoms with Crippen molar-refractivity contribution in [1.82, 2.24) is 5.43 Å². The van der Waals surface area contributed by atoms with Crippen molar-refractivity contribution in [3.8, 4) is 0 Å². The molecule has 0 aliphatic carbocycles. The summed E-state index contributed by atoms with van der Waals surface area (Å²) in [7, 11) is 1.72. The summed E-state index contributed by atoms with van der Waals surface area (Å²) in [4.78, 5) is 0. The molecule has 0 saturated carbocycles. The highest BCUT2D eigenvalue weighted by atomic mass is 16.6. The molecule has 4 atom stereocenters. The van der Waals surface area contributed by atoms with Crippen molar-refractivity contribution in [2.75, 3.05) is 26.9 Å². The Morgan fingerprint density at radius 1 is 1.47 bits per heavy atom. The molecule has 17 heavy (non-hydrogen) atoms. The van der Waals surface area contributed by atoms with Crippen LogP contribution in [-0.4, -0.2) is 44.7 Å². The van der Waals surface area contributed by atoms with Crippen LogP contribution in [0.1, 0.15) is 26.2 Å². The first-order valence-electron chi connectivity index (χ1n) is 6.41. The van der Waals surface area contributed by atoms with E-state index in [4.69, 9.17) is 20.1 Å². The van der Waals surface area contributed by atoms with E-state index in [9.17, 15) is 0 Å². The molecule has 5 heteroatoms. The number of hydrogen-bond acceptors (Lipinski definition) is 5. The SMILES string of the molecule is COC(C)C(NN)C1CCOC2(CCOC2)C1. The fourth-order valence-electron chi connectivity index (χ4n) is 3.04. The van der Waals surface area contributed by atoms with Crippen molar-refractivity contribution < 1.29 is 14.2 Å². The molecular weight excluding hydrogens is 220 g/mol. The van der Waals surface area contributed by atoms with Gasteiger partial charge in [0.1, 0.15) is 0 Å². The first kappa shape index (κ1) is 13.2. The second kappa shape index (κ2) is 5.63. The Morgan fingerprint density at radius 3 is 2.88 bits per heavy atom. The molecule has 3 N–H and O–H groups in total. The average Bonchev–Trinajstić information content (AvgIpc) is 2.78. The monoisotopic (exact) mass is 244 g/mol. The minimum Gasteiger partial charge on any atom is -0.380 e. The lowest BCUT2D eigenvalue weighted by Crippen LogP contribution is -2.53. The summed E-state index contributed by atoms with van der Waals surface area (Å²) in [5, 5.41) is 0. The molecule has 4 unspecified atom stereocenters. The second-order valence-corrected chi connectivity index (χ2v) is 5.22. The Bertz CT molecular complexity index is 244. The minimum absolute atomic E-state index is 0.0640. The maximum absolute atomic E-state index is 5.93. The van der Waals surface area contributed by atoms with Crippen molar-refractivity contribution >= 4 is 0 Å². The van der Waals surface area contributed by atoms with Gasteiger partial charge >= 0.3 is 0 Å². The molecule has 0 amide bonds. The molecule has 2 rings (SSSR count). The molecule has 2 aliphatic heterocycles. The largest absolute Gasteiger partial charge is 0.380 e. The van der Waals surface area contributed by atoms with Gasteiger partial charge in [0, 0.05) is 32.8 Å². The standard InChI is InChI=1S/C12H24N2O3/c1-9(15-2)11(14-13)10-3-5-17-12(7-10)4-6-16-8-12/h9-11,14H,3-8,13H2,1-2H3. The lowest BCUT2D eigenvalue weighted by molar-refractivity contribution is -0.110. The van der Waals surface area contributed by atoms with Crippen LogP contribution >= 0.6 is 0 Å². The molecule has 2 fully saturated rings. The van der Waals surface area contributed by atoms with Gasteiger partial charge in [-0.1, -0.05) is 0 Å². The van der Waals surface area contributed by atoms with Crippen LogP contribution in [0.2, 0.25) is 0 Å². The van der Waals surface area contributed by atoms with Crippen molar-refractivity contribution in [2.24, 2.45) is 11.8 Å². The number of rotatable bonds is 4. The fourth-order valence-corrected chi connectivity index (χ4v) is 3.04. The number of nitrogens with two attached hydrogens (primary N) is 1. The second-order valence-electron chi connectivity index (χ2n) is 5.22. The highest BCUT2D eigenvalue weighted by molar-refractivity contribution is 4.94. The van der Waals surface area contributed by atoms with Gasteiger partial charge in [0.2, 0.25) is 0 Å². The average molecular weight is 244 g/mol. The quantitative estimate of drug-likeness (QED) is 0.555. The molecule has 0 aromatic heterocycles. The van der Waals surface area contributed by atoms with Gasteiger partial charge in [-0.25, -0.2) is 0 Å². The van der Waals surface area contributed by atoms with Crippen LogP contribution in [0, 0.1) is 5.92 Å². The van der Waals surface area contributed by atoms with E-state index in [1.165, 1.54) is 0 Å². The summed E-state index contributed by atoms with van der Waals surface area (Å²) in [6.45, 7) is 4.38. The smallest absolute Gasteiger partial charge is 0.0939 e. The Morgan fingerprint density at radius 2 is 2.29 bits per heavy atom. The molecule has 100 valence electrons. The van der Waals surface area contributed by atoms with Crippen LogP contribution in [0.5, 0.6) is 0 Å². The molecular formula is C12H24N2O3. The molecule has 1 spiro atoms. The number of ether oxygens (including phenoxy) is 3. The Balaban J connectivity index is 2.00. The van der Waals surface area contributed by atoms with E-state index in [1.54, 1.807) is 7.11 Å². The Kier molecular flexibility index (Phi) is 4.38. The summed E-state index contributed by atoms with van der Waals surface area (Å²) < 4.78 is 16.8. The molecule has 0 aromatic carbocycles. The predicted molar refractivity (Wildman–Crippen MR) is 64.4 cm³/mol. The van der Waals surface area contributed by atoms with Gasteiger partial charge in [-0.05, 0) is 25.7 Å². The van der Waals surface area contributed by atoms with Gasteiger partial charge in [0.15, 0.2) is 0 Å². The first-order valence-corrected chi connectivity index (χ1v) is 6.41. The van der Waals surface area contributed by atoms with Crippen LogP contribution in [0.15, 0.2) is 0 Å². The molecule has 5 nitrogen and oxygen atoms in total. The molecule has 0 radical (unpaired) electrons. The normalized spacial score (nSPS) is 37.2. The lowest BCUT2D eigenvalue weighted by atomic mass is 9.80. The van der Waals surface area contributed by atoms with Gasteiger partial charge in [-0.3, -0.25) is 11.3 Å². The lowest BCUT2D eigenvalue weighted by Gasteiger charge is -2.41. The van der Waals surface area contributed by atoms with Gasteiger partial charge in [0.25, 0.3) is 0 Å². The summed E-state index contributed by atoms with van der Waals surface area (Å²) in [6, 6.07) is 0.182. The van der Waals surface area contributed by atoms with Crippen LogP contribution in [0.25, 0.3) is 0 Å². The zero-order valence-electron chi connectivity index (χ0n) is 10.8. The van der Waals surface area contributed by atoms with E-state index in [2.05, 4.69) is 12.3 Å². The summed E-state index contributed by atoms with van der Waals surface area (Å²) >= 11 is 0. The fraction of sp³-hybridized carbons (Fsp3) is 1.00. The van der Waals surface area contributed by atoms with Gasteiger partial charge in [-0.2, -0.15) is 0 Å². The van der Waals surface area contributed by atoms with E-state index in [0.717, 1.165) is 39.1 Å².